The van der Waals surface area contributed by atoms with Crippen molar-refractivity contribution in [1.29, 1.82) is 0 Å². The van der Waals surface area contributed by atoms with E-state index in [1.54, 1.807) is 6.20 Å². The average molecular weight is 165 g/mol. The monoisotopic (exact) mass is 165 g/mol. The largest absolute Gasteiger partial charge is 0.272 e. The zero-order valence-electron chi connectivity index (χ0n) is 8.81. The van der Waals surface area contributed by atoms with Crippen LogP contribution in [-0.2, 0) is 0 Å². The quantitative estimate of drug-likeness (QED) is 0.438. The van der Waals surface area contributed by atoms with E-state index in [1.165, 1.54) is 11.1 Å². The van der Waals surface area contributed by atoms with Crippen molar-refractivity contribution in [2.75, 3.05) is 0 Å². The minimum absolute atomic E-state index is 0.194. The van der Waals surface area contributed by atoms with E-state index in [0.717, 1.165) is 0 Å². The zero-order chi connectivity index (χ0) is 9.78. The smallest absolute Gasteiger partial charge is 0.0292 e. The first-order valence-electron chi connectivity index (χ1n) is 4.23. The van der Waals surface area contributed by atoms with Crippen molar-refractivity contribution in [3.63, 3.8) is 0 Å². The Balaban J connectivity index is 4.84. The number of aliphatic imine (C=N–C) groups is 1. The standard InChI is InChI=1S/C11H19N/c1-7-10(11(3,4)5)9(2)8-12-6/h7-8H,6H2,1-5H3/b9-8-,10-7+. The molecule has 0 saturated carbocycles. The summed E-state index contributed by atoms with van der Waals surface area (Å²) in [5, 5.41) is 0. The molecule has 12 heavy (non-hydrogen) atoms. The average Bonchev–Trinajstić information content (AvgIpc) is 1.85. The first kappa shape index (κ1) is 11.2. The topological polar surface area (TPSA) is 12.4 Å². The third kappa shape index (κ3) is 3.04. The predicted molar refractivity (Wildman–Crippen MR) is 56.5 cm³/mol. The molecule has 0 unspecified atom stereocenters. The maximum atomic E-state index is 3.77. The van der Waals surface area contributed by atoms with Gasteiger partial charge in [-0.1, -0.05) is 26.8 Å². The van der Waals surface area contributed by atoms with Crippen LogP contribution < -0.4 is 0 Å². The molecule has 0 aliphatic rings. The molecule has 0 aliphatic heterocycles. The van der Waals surface area contributed by atoms with Crippen LogP contribution in [0.5, 0.6) is 0 Å². The molecule has 0 aromatic carbocycles. The summed E-state index contributed by atoms with van der Waals surface area (Å²) < 4.78 is 0. The third-order valence-electron chi connectivity index (χ3n) is 1.81. The SMILES string of the molecule is C=N/C=C(C)\C(=C/C)C(C)(C)C. The molecule has 0 amide bonds. The lowest BCUT2D eigenvalue weighted by Gasteiger charge is -2.23. The first-order valence-corrected chi connectivity index (χ1v) is 4.23. The van der Waals surface area contributed by atoms with Gasteiger partial charge in [-0.15, -0.1) is 0 Å². The summed E-state index contributed by atoms with van der Waals surface area (Å²) >= 11 is 0. The van der Waals surface area contributed by atoms with E-state index < -0.39 is 0 Å². The van der Waals surface area contributed by atoms with Crippen LogP contribution in [0.2, 0.25) is 0 Å². The third-order valence-corrected chi connectivity index (χ3v) is 1.81. The maximum Gasteiger partial charge on any atom is 0.0292 e. The molecule has 0 aromatic heterocycles. The Bertz CT molecular complexity index is 214. The van der Waals surface area contributed by atoms with Gasteiger partial charge in [0.2, 0.25) is 0 Å². The molecule has 0 fully saturated rings. The highest BCUT2D eigenvalue weighted by molar-refractivity contribution is 5.35. The van der Waals surface area contributed by atoms with E-state index in [-0.39, 0.29) is 5.41 Å². The van der Waals surface area contributed by atoms with Gasteiger partial charge in [0, 0.05) is 6.20 Å². The zero-order valence-corrected chi connectivity index (χ0v) is 8.81. The molecular formula is C11H19N. The number of allylic oxidation sites excluding steroid dienone is 3. The number of hydrogen-bond acceptors (Lipinski definition) is 1. The summed E-state index contributed by atoms with van der Waals surface area (Å²) in [5.74, 6) is 0. The molecular weight excluding hydrogens is 146 g/mol. The van der Waals surface area contributed by atoms with Crippen LogP contribution in [-0.4, -0.2) is 6.72 Å². The molecule has 0 radical (unpaired) electrons. The van der Waals surface area contributed by atoms with Gasteiger partial charge in [0.25, 0.3) is 0 Å². The number of rotatable bonds is 2. The molecule has 0 aliphatic carbocycles. The van der Waals surface area contributed by atoms with Gasteiger partial charge >= 0.3 is 0 Å². The van der Waals surface area contributed by atoms with Crippen LogP contribution in [0.4, 0.5) is 0 Å². The van der Waals surface area contributed by atoms with Crippen LogP contribution in [0.25, 0.3) is 0 Å². The van der Waals surface area contributed by atoms with E-state index in [9.17, 15) is 0 Å². The Morgan fingerprint density at radius 3 is 2.08 bits per heavy atom. The first-order chi connectivity index (χ1) is 5.43. The van der Waals surface area contributed by atoms with E-state index in [2.05, 4.69) is 52.4 Å². The molecule has 0 bridgehead atoms. The van der Waals surface area contributed by atoms with Crippen LogP contribution in [0.15, 0.2) is 28.4 Å². The molecule has 0 heterocycles. The van der Waals surface area contributed by atoms with E-state index in [4.69, 9.17) is 0 Å². The van der Waals surface area contributed by atoms with Crippen LogP contribution in [0.3, 0.4) is 0 Å². The predicted octanol–water partition coefficient (Wildman–Crippen LogP) is 3.58. The summed E-state index contributed by atoms with van der Waals surface area (Å²) in [6.07, 6.45) is 3.94. The Hall–Kier alpha value is -0.850. The Morgan fingerprint density at radius 1 is 1.33 bits per heavy atom. The molecule has 0 spiro atoms. The lowest BCUT2D eigenvalue weighted by molar-refractivity contribution is 0.509. The van der Waals surface area contributed by atoms with Crippen molar-refractivity contribution in [3.8, 4) is 0 Å². The van der Waals surface area contributed by atoms with Gasteiger partial charge in [-0.2, -0.15) is 0 Å². The van der Waals surface area contributed by atoms with Gasteiger partial charge in [-0.25, -0.2) is 0 Å². The summed E-state index contributed by atoms with van der Waals surface area (Å²) in [5.41, 5.74) is 2.72. The van der Waals surface area contributed by atoms with E-state index in [1.807, 2.05) is 0 Å². The fourth-order valence-corrected chi connectivity index (χ4v) is 1.46. The van der Waals surface area contributed by atoms with Crippen molar-refractivity contribution < 1.29 is 0 Å². The van der Waals surface area contributed by atoms with E-state index in [0.29, 0.717) is 0 Å². The fraction of sp³-hybridized carbons (Fsp3) is 0.545. The summed E-state index contributed by atoms with van der Waals surface area (Å²) in [6.45, 7) is 14.2. The fourth-order valence-electron chi connectivity index (χ4n) is 1.46. The minimum atomic E-state index is 0.194. The summed E-state index contributed by atoms with van der Waals surface area (Å²) in [7, 11) is 0. The Morgan fingerprint density at radius 2 is 1.83 bits per heavy atom. The van der Waals surface area contributed by atoms with Crippen LogP contribution in [0.1, 0.15) is 34.6 Å². The molecule has 0 saturated heterocycles. The van der Waals surface area contributed by atoms with Crippen molar-refractivity contribution in [2.24, 2.45) is 10.4 Å². The molecule has 0 rings (SSSR count). The normalized spacial score (nSPS) is 14.8. The van der Waals surface area contributed by atoms with Crippen molar-refractivity contribution in [1.82, 2.24) is 0 Å². The molecule has 1 heteroatoms. The van der Waals surface area contributed by atoms with Crippen LogP contribution in [0, 0.1) is 5.41 Å². The summed E-state index contributed by atoms with van der Waals surface area (Å²) in [4.78, 5) is 3.77. The van der Waals surface area contributed by atoms with Gasteiger partial charge in [0.15, 0.2) is 0 Å². The molecule has 0 atom stereocenters. The molecule has 68 valence electrons. The molecule has 0 N–H and O–H groups in total. The highest BCUT2D eigenvalue weighted by Gasteiger charge is 2.16. The maximum absolute atomic E-state index is 3.77. The van der Waals surface area contributed by atoms with Crippen molar-refractivity contribution in [3.05, 3.63) is 23.4 Å². The second kappa shape index (κ2) is 4.24. The molecule has 0 aromatic rings. The minimum Gasteiger partial charge on any atom is -0.272 e. The van der Waals surface area contributed by atoms with Crippen molar-refractivity contribution >= 4 is 6.72 Å². The number of hydrogen-bond donors (Lipinski definition) is 0. The van der Waals surface area contributed by atoms with Gasteiger partial charge in [0.1, 0.15) is 0 Å². The highest BCUT2D eigenvalue weighted by atomic mass is 14.6. The lowest BCUT2D eigenvalue weighted by Crippen LogP contribution is -2.10. The Labute approximate surface area is 75.9 Å². The second-order valence-corrected chi connectivity index (χ2v) is 3.95. The highest BCUT2D eigenvalue weighted by Crippen LogP contribution is 2.30. The van der Waals surface area contributed by atoms with E-state index >= 15 is 0 Å². The van der Waals surface area contributed by atoms with Crippen molar-refractivity contribution in [2.45, 2.75) is 34.6 Å². The Kier molecular flexibility index (Phi) is 3.94. The van der Waals surface area contributed by atoms with Gasteiger partial charge in [0.05, 0.1) is 0 Å². The number of nitrogens with zero attached hydrogens (tertiary/aromatic N) is 1. The van der Waals surface area contributed by atoms with Gasteiger partial charge < -0.3 is 0 Å². The van der Waals surface area contributed by atoms with Gasteiger partial charge in [-0.05, 0) is 37.1 Å². The molecule has 1 nitrogen and oxygen atoms in total. The summed E-state index contributed by atoms with van der Waals surface area (Å²) in [6, 6.07) is 0. The lowest BCUT2D eigenvalue weighted by atomic mass is 9.82. The van der Waals surface area contributed by atoms with Gasteiger partial charge in [-0.3, -0.25) is 4.99 Å². The second-order valence-electron chi connectivity index (χ2n) is 3.95. The van der Waals surface area contributed by atoms with Crippen LogP contribution >= 0.6 is 0 Å².